The van der Waals surface area contributed by atoms with Gasteiger partial charge in [-0.3, -0.25) is 9.69 Å². The van der Waals surface area contributed by atoms with Crippen molar-refractivity contribution in [2.45, 2.75) is 13.3 Å². The van der Waals surface area contributed by atoms with Crippen LogP contribution in [0.1, 0.15) is 12.0 Å². The SMILES string of the molecule is Cc1cc(-c2cc(-c3ccc(OCC(=O)NCCCN4CCOCC4)cc3)[nH]c(=O)n2)ccc1O. The van der Waals surface area contributed by atoms with Gasteiger partial charge < -0.3 is 24.9 Å². The maximum absolute atomic E-state index is 12.2. The van der Waals surface area contributed by atoms with Gasteiger partial charge in [-0.2, -0.15) is 4.98 Å². The summed E-state index contributed by atoms with van der Waals surface area (Å²) in [5.74, 6) is 0.586. The number of ether oxygens (including phenoxy) is 2. The maximum atomic E-state index is 12.2. The number of nitrogens with zero attached hydrogens (tertiary/aromatic N) is 2. The standard InChI is InChI=1S/C26H30N4O5/c1-18-15-20(5-8-24(18)31)23-16-22(28-26(33)29-23)19-3-6-21(7-4-19)35-17-25(32)27-9-2-10-30-11-13-34-14-12-30/h3-8,15-16,31H,2,9-14,17H2,1H3,(H,27,32)(H,28,29,33). The van der Waals surface area contributed by atoms with Gasteiger partial charge in [0.05, 0.1) is 24.6 Å². The molecule has 2 aromatic carbocycles. The van der Waals surface area contributed by atoms with Gasteiger partial charge in [0.2, 0.25) is 0 Å². The van der Waals surface area contributed by atoms with Crippen LogP contribution in [0.15, 0.2) is 53.3 Å². The second kappa shape index (κ2) is 11.6. The van der Waals surface area contributed by atoms with E-state index >= 15 is 0 Å². The van der Waals surface area contributed by atoms with Crippen LogP contribution in [0.4, 0.5) is 0 Å². The number of hydrogen-bond donors (Lipinski definition) is 3. The van der Waals surface area contributed by atoms with Crippen LogP contribution >= 0.6 is 0 Å². The van der Waals surface area contributed by atoms with E-state index in [-0.39, 0.29) is 18.3 Å². The summed E-state index contributed by atoms with van der Waals surface area (Å²) >= 11 is 0. The van der Waals surface area contributed by atoms with Crippen molar-refractivity contribution in [2.75, 3.05) is 46.0 Å². The van der Waals surface area contributed by atoms with Crippen LogP contribution in [0, 0.1) is 6.92 Å². The Labute approximate surface area is 203 Å². The highest BCUT2D eigenvalue weighted by atomic mass is 16.5. The van der Waals surface area contributed by atoms with Gasteiger partial charge in [0, 0.05) is 25.2 Å². The predicted molar refractivity (Wildman–Crippen MR) is 133 cm³/mol. The second-order valence-corrected chi connectivity index (χ2v) is 8.46. The van der Waals surface area contributed by atoms with Crippen molar-refractivity contribution in [3.63, 3.8) is 0 Å². The van der Waals surface area contributed by atoms with Crippen LogP contribution in [0.5, 0.6) is 11.5 Å². The van der Waals surface area contributed by atoms with E-state index < -0.39 is 5.69 Å². The van der Waals surface area contributed by atoms with E-state index in [0.29, 0.717) is 29.2 Å². The molecular weight excluding hydrogens is 448 g/mol. The van der Waals surface area contributed by atoms with Gasteiger partial charge in [-0.1, -0.05) is 0 Å². The molecule has 3 N–H and O–H groups in total. The molecular formula is C26H30N4O5. The lowest BCUT2D eigenvalue weighted by atomic mass is 10.1. The number of carbonyl (C=O) groups excluding carboxylic acids is 1. The van der Waals surface area contributed by atoms with E-state index in [4.69, 9.17) is 9.47 Å². The van der Waals surface area contributed by atoms with Gasteiger partial charge in [-0.05, 0) is 79.5 Å². The topological polar surface area (TPSA) is 117 Å². The predicted octanol–water partition coefficient (Wildman–Crippen LogP) is 2.34. The molecule has 1 saturated heterocycles. The van der Waals surface area contributed by atoms with E-state index in [9.17, 15) is 14.7 Å². The lowest BCUT2D eigenvalue weighted by Crippen LogP contribution is -2.38. The molecule has 2 heterocycles. The summed E-state index contributed by atoms with van der Waals surface area (Å²) in [7, 11) is 0. The molecule has 0 saturated carbocycles. The molecule has 35 heavy (non-hydrogen) atoms. The Hall–Kier alpha value is -3.69. The van der Waals surface area contributed by atoms with Crippen LogP contribution in [0.2, 0.25) is 0 Å². The van der Waals surface area contributed by atoms with Crippen molar-refractivity contribution in [2.24, 2.45) is 0 Å². The number of aryl methyl sites for hydroxylation is 1. The van der Waals surface area contributed by atoms with Gasteiger partial charge >= 0.3 is 5.69 Å². The highest BCUT2D eigenvalue weighted by Gasteiger charge is 2.11. The Bertz CT molecular complexity index is 1200. The molecule has 0 spiro atoms. The molecule has 9 nitrogen and oxygen atoms in total. The van der Waals surface area contributed by atoms with Crippen molar-refractivity contribution in [1.29, 1.82) is 0 Å². The first-order chi connectivity index (χ1) is 17.0. The van der Waals surface area contributed by atoms with Gasteiger partial charge in [0.25, 0.3) is 5.91 Å². The molecule has 184 valence electrons. The fourth-order valence-electron chi connectivity index (χ4n) is 3.86. The summed E-state index contributed by atoms with van der Waals surface area (Å²) in [5, 5.41) is 12.6. The molecule has 3 aromatic rings. The number of phenolic OH excluding ortho intramolecular Hbond substituents is 1. The highest BCUT2D eigenvalue weighted by molar-refractivity contribution is 5.77. The Balaban J connectivity index is 1.30. The fourth-order valence-corrected chi connectivity index (χ4v) is 3.86. The smallest absolute Gasteiger partial charge is 0.345 e. The normalized spacial score (nSPS) is 14.0. The van der Waals surface area contributed by atoms with E-state index in [1.807, 2.05) is 12.1 Å². The van der Waals surface area contributed by atoms with Crippen LogP contribution in [0.3, 0.4) is 0 Å². The number of morpholine rings is 1. The summed E-state index contributed by atoms with van der Waals surface area (Å²) < 4.78 is 10.9. The van der Waals surface area contributed by atoms with Gasteiger partial charge in [-0.15, -0.1) is 0 Å². The fraction of sp³-hybridized carbons (Fsp3) is 0.346. The number of rotatable bonds is 9. The number of phenols is 1. The molecule has 0 bridgehead atoms. The summed E-state index contributed by atoms with van der Waals surface area (Å²) in [6.45, 7) is 6.71. The minimum Gasteiger partial charge on any atom is -0.508 e. The average Bonchev–Trinajstić information content (AvgIpc) is 2.87. The molecule has 0 aliphatic carbocycles. The quantitative estimate of drug-likeness (QED) is 0.404. The first kappa shape index (κ1) is 24.4. The van der Waals surface area contributed by atoms with Crippen molar-refractivity contribution in [3.8, 4) is 34.0 Å². The number of benzene rings is 2. The minimum absolute atomic E-state index is 0.0622. The highest BCUT2D eigenvalue weighted by Crippen LogP contribution is 2.26. The molecule has 4 rings (SSSR count). The zero-order chi connectivity index (χ0) is 24.6. The number of H-pyrrole nitrogens is 1. The monoisotopic (exact) mass is 478 g/mol. The first-order valence-electron chi connectivity index (χ1n) is 11.7. The lowest BCUT2D eigenvalue weighted by Gasteiger charge is -2.26. The molecule has 1 amide bonds. The third-order valence-electron chi connectivity index (χ3n) is 5.85. The Morgan fingerprint density at radius 2 is 1.89 bits per heavy atom. The first-order valence-corrected chi connectivity index (χ1v) is 11.7. The molecule has 0 radical (unpaired) electrons. The van der Waals surface area contributed by atoms with Crippen molar-refractivity contribution >= 4 is 5.91 Å². The summed E-state index contributed by atoms with van der Waals surface area (Å²) in [5.41, 5.74) is 2.88. The third kappa shape index (κ3) is 6.91. The van der Waals surface area contributed by atoms with E-state index in [1.54, 1.807) is 43.3 Å². The largest absolute Gasteiger partial charge is 0.508 e. The summed E-state index contributed by atoms with van der Waals surface area (Å²) in [6.07, 6.45) is 0.885. The van der Waals surface area contributed by atoms with Gasteiger partial charge in [0.1, 0.15) is 11.5 Å². The molecule has 1 aliphatic rings. The summed E-state index contributed by atoms with van der Waals surface area (Å²) in [6, 6.07) is 14.0. The van der Waals surface area contributed by atoms with Crippen molar-refractivity contribution in [3.05, 3.63) is 64.6 Å². The van der Waals surface area contributed by atoms with Crippen molar-refractivity contribution < 1.29 is 19.4 Å². The Morgan fingerprint density at radius 1 is 1.14 bits per heavy atom. The zero-order valence-corrected chi connectivity index (χ0v) is 19.8. The number of aromatic nitrogens is 2. The number of carbonyl (C=O) groups is 1. The molecule has 0 atom stereocenters. The Morgan fingerprint density at radius 3 is 2.63 bits per heavy atom. The minimum atomic E-state index is -0.464. The maximum Gasteiger partial charge on any atom is 0.345 e. The number of amides is 1. The molecule has 0 unspecified atom stereocenters. The van der Waals surface area contributed by atoms with E-state index in [2.05, 4.69) is 20.2 Å². The Kier molecular flexibility index (Phi) is 8.12. The van der Waals surface area contributed by atoms with E-state index in [0.717, 1.165) is 50.4 Å². The van der Waals surface area contributed by atoms with E-state index in [1.165, 1.54) is 0 Å². The molecule has 1 fully saturated rings. The van der Waals surface area contributed by atoms with Crippen LogP contribution in [0.25, 0.3) is 22.5 Å². The van der Waals surface area contributed by atoms with Crippen LogP contribution < -0.4 is 15.7 Å². The number of aromatic hydroxyl groups is 1. The molecule has 9 heteroatoms. The zero-order valence-electron chi connectivity index (χ0n) is 19.8. The van der Waals surface area contributed by atoms with Crippen LogP contribution in [-0.4, -0.2) is 71.9 Å². The third-order valence-corrected chi connectivity index (χ3v) is 5.85. The number of nitrogens with one attached hydrogen (secondary N) is 2. The second-order valence-electron chi connectivity index (χ2n) is 8.46. The summed E-state index contributed by atoms with van der Waals surface area (Å²) in [4.78, 5) is 33.4. The molecule has 1 aliphatic heterocycles. The number of hydrogen-bond acceptors (Lipinski definition) is 7. The number of aromatic amines is 1. The molecule has 1 aromatic heterocycles. The van der Waals surface area contributed by atoms with Gasteiger partial charge in [-0.25, -0.2) is 4.79 Å². The van der Waals surface area contributed by atoms with Crippen LogP contribution in [-0.2, 0) is 9.53 Å². The van der Waals surface area contributed by atoms with Crippen molar-refractivity contribution in [1.82, 2.24) is 20.2 Å². The lowest BCUT2D eigenvalue weighted by molar-refractivity contribution is -0.123. The average molecular weight is 479 g/mol. The van der Waals surface area contributed by atoms with Gasteiger partial charge in [0.15, 0.2) is 6.61 Å².